The Kier molecular flexibility index (Phi) is 9.01. The van der Waals surface area contributed by atoms with Crippen molar-refractivity contribution in [2.24, 2.45) is 4.99 Å². The van der Waals surface area contributed by atoms with Crippen LogP contribution in [-0.2, 0) is 19.1 Å². The summed E-state index contributed by atoms with van der Waals surface area (Å²) in [4.78, 5) is 45.6. The summed E-state index contributed by atoms with van der Waals surface area (Å²) >= 11 is 4.70. The van der Waals surface area contributed by atoms with Crippen molar-refractivity contribution in [1.82, 2.24) is 9.80 Å². The van der Waals surface area contributed by atoms with Gasteiger partial charge in [0.2, 0.25) is 0 Å². The van der Waals surface area contributed by atoms with Crippen molar-refractivity contribution in [2.75, 3.05) is 46.6 Å². The second kappa shape index (κ2) is 12.4. The summed E-state index contributed by atoms with van der Waals surface area (Å²) in [5.74, 6) is -0.191. The minimum Gasteiger partial charge on any atom is -0.481 e. The molecule has 37 heavy (non-hydrogen) atoms. The van der Waals surface area contributed by atoms with Gasteiger partial charge in [-0.15, -0.1) is 0 Å². The first-order valence-corrected chi connectivity index (χ1v) is 13.3. The first-order chi connectivity index (χ1) is 17.9. The van der Waals surface area contributed by atoms with Crippen LogP contribution in [0, 0.1) is 0 Å². The Balaban J connectivity index is 1.47. The highest BCUT2D eigenvalue weighted by atomic mass is 79.9. The molecule has 2 aromatic carbocycles. The molecule has 0 aromatic heterocycles. The van der Waals surface area contributed by atoms with Gasteiger partial charge < -0.3 is 19.1 Å². The van der Waals surface area contributed by atoms with Gasteiger partial charge in [0.25, 0.3) is 11.8 Å². The van der Waals surface area contributed by atoms with Crippen LogP contribution in [0.2, 0.25) is 0 Å². The summed E-state index contributed by atoms with van der Waals surface area (Å²) < 4.78 is 16.3. The number of carbonyl (C=O) groups is 3. The van der Waals surface area contributed by atoms with E-state index < -0.39 is 5.97 Å². The Labute approximate surface area is 227 Å². The number of likely N-dealkylation sites (N-methyl/N-ethyl adjacent to an activating group) is 1. The molecule has 2 aromatic rings. The number of carbonyl (C=O) groups excluding carboxylic acids is 3. The lowest BCUT2D eigenvalue weighted by atomic mass is 10.1. The van der Waals surface area contributed by atoms with Crippen LogP contribution >= 0.6 is 27.7 Å². The van der Waals surface area contributed by atoms with Crippen molar-refractivity contribution in [3.8, 4) is 5.75 Å². The van der Waals surface area contributed by atoms with Gasteiger partial charge in [-0.2, -0.15) is 0 Å². The summed E-state index contributed by atoms with van der Waals surface area (Å²) in [5, 5.41) is 0.515. The lowest BCUT2D eigenvalue weighted by molar-refractivity contribution is -0.145. The summed E-state index contributed by atoms with van der Waals surface area (Å²) in [6, 6.07) is 12.4. The van der Waals surface area contributed by atoms with Crippen molar-refractivity contribution in [3.63, 3.8) is 0 Å². The molecule has 2 aliphatic rings. The maximum Gasteiger partial charge on any atom is 0.344 e. The first-order valence-electron chi connectivity index (χ1n) is 11.7. The van der Waals surface area contributed by atoms with Gasteiger partial charge >= 0.3 is 5.97 Å². The van der Waals surface area contributed by atoms with E-state index in [4.69, 9.17) is 14.2 Å². The molecule has 2 aliphatic heterocycles. The van der Waals surface area contributed by atoms with Crippen LogP contribution in [0.4, 0.5) is 5.69 Å². The molecule has 0 unspecified atom stereocenters. The second-order valence-electron chi connectivity index (χ2n) is 8.11. The van der Waals surface area contributed by atoms with Crippen LogP contribution in [-0.4, -0.2) is 79.3 Å². The predicted molar refractivity (Wildman–Crippen MR) is 145 cm³/mol. The Morgan fingerprint density at radius 3 is 2.70 bits per heavy atom. The van der Waals surface area contributed by atoms with Crippen molar-refractivity contribution >= 4 is 62.4 Å². The number of amidine groups is 1. The standard InChI is InChI=1S/C26H26BrN3O6S/c1-3-35-23(31)16-36-21-8-7-17(13-20(21)27)14-22-25(33)29(2)26(37-22)28-19-6-4-5-18(15-19)24(32)30-9-11-34-12-10-30/h4-8,13-15H,3,9-12,16H2,1-2H3/b22-14+,28-26?. The van der Waals surface area contributed by atoms with Crippen LogP contribution in [0.1, 0.15) is 22.8 Å². The lowest BCUT2D eigenvalue weighted by Crippen LogP contribution is -2.40. The SMILES string of the molecule is CCOC(=O)COc1ccc(/C=C2/SC(=Nc3cccc(C(=O)N4CCOCC4)c3)N(C)C2=O)cc1Br. The number of rotatable bonds is 7. The predicted octanol–water partition coefficient (Wildman–Crippen LogP) is 4.10. The fraction of sp³-hybridized carbons (Fsp3) is 0.308. The van der Waals surface area contributed by atoms with Crippen LogP contribution in [0.5, 0.6) is 5.75 Å². The van der Waals surface area contributed by atoms with Crippen LogP contribution < -0.4 is 4.74 Å². The Morgan fingerprint density at radius 2 is 1.97 bits per heavy atom. The van der Waals surface area contributed by atoms with Crippen molar-refractivity contribution in [1.29, 1.82) is 0 Å². The van der Waals surface area contributed by atoms with Gasteiger partial charge in [-0.3, -0.25) is 14.5 Å². The molecule has 2 saturated heterocycles. The quantitative estimate of drug-likeness (QED) is 0.355. The zero-order valence-electron chi connectivity index (χ0n) is 20.4. The van der Waals surface area contributed by atoms with E-state index >= 15 is 0 Å². The van der Waals surface area contributed by atoms with E-state index in [9.17, 15) is 14.4 Å². The normalized spacial score (nSPS) is 18.0. The number of hydrogen-bond donors (Lipinski definition) is 0. The molecule has 194 valence electrons. The summed E-state index contributed by atoms with van der Waals surface area (Å²) in [5.41, 5.74) is 1.92. The summed E-state index contributed by atoms with van der Waals surface area (Å²) in [7, 11) is 1.67. The third-order valence-electron chi connectivity index (χ3n) is 5.52. The third kappa shape index (κ3) is 6.79. The minimum atomic E-state index is -0.445. The zero-order valence-corrected chi connectivity index (χ0v) is 22.8. The average molecular weight is 588 g/mol. The Bertz CT molecular complexity index is 1260. The number of nitrogens with zero attached hydrogens (tertiary/aromatic N) is 3. The first kappa shape index (κ1) is 26.9. The maximum absolute atomic E-state index is 12.9. The smallest absolute Gasteiger partial charge is 0.344 e. The van der Waals surface area contributed by atoms with Crippen LogP contribution in [0.25, 0.3) is 6.08 Å². The maximum atomic E-state index is 12.9. The monoisotopic (exact) mass is 587 g/mol. The highest BCUT2D eigenvalue weighted by Crippen LogP contribution is 2.34. The van der Waals surface area contributed by atoms with Gasteiger partial charge in [0.05, 0.1) is 34.9 Å². The van der Waals surface area contributed by atoms with Crippen LogP contribution in [0.15, 0.2) is 56.8 Å². The molecule has 2 amide bonds. The highest BCUT2D eigenvalue weighted by molar-refractivity contribution is 9.10. The van der Waals surface area contributed by atoms with Gasteiger partial charge in [0.15, 0.2) is 11.8 Å². The van der Waals surface area contributed by atoms with E-state index in [0.29, 0.717) is 64.5 Å². The lowest BCUT2D eigenvalue weighted by Gasteiger charge is -2.26. The van der Waals surface area contributed by atoms with Crippen molar-refractivity contribution in [3.05, 3.63) is 63.0 Å². The second-order valence-corrected chi connectivity index (χ2v) is 9.97. The molecule has 0 radical (unpaired) electrons. The number of halogens is 1. The van der Waals surface area contributed by atoms with Crippen molar-refractivity contribution < 1.29 is 28.6 Å². The van der Waals surface area contributed by atoms with E-state index in [-0.39, 0.29) is 18.4 Å². The number of benzene rings is 2. The van der Waals surface area contributed by atoms with Gasteiger partial charge in [0.1, 0.15) is 5.75 Å². The molecule has 11 heteroatoms. The molecule has 9 nitrogen and oxygen atoms in total. The van der Waals surface area contributed by atoms with Gasteiger partial charge in [0, 0.05) is 25.7 Å². The topological polar surface area (TPSA) is 97.7 Å². The molecule has 4 rings (SSSR count). The van der Waals surface area contributed by atoms with Crippen molar-refractivity contribution in [2.45, 2.75) is 6.92 Å². The molecular weight excluding hydrogens is 562 g/mol. The zero-order chi connectivity index (χ0) is 26.4. The average Bonchev–Trinajstić information content (AvgIpc) is 3.16. The molecule has 2 fully saturated rings. The Hall–Kier alpha value is -3.15. The number of thioether (sulfide) groups is 1. The van der Waals surface area contributed by atoms with Gasteiger partial charge in [-0.05, 0) is 76.6 Å². The molecule has 0 N–H and O–H groups in total. The van der Waals surface area contributed by atoms with Gasteiger partial charge in [-0.25, -0.2) is 9.79 Å². The molecule has 0 spiro atoms. The highest BCUT2D eigenvalue weighted by Gasteiger charge is 2.30. The van der Waals surface area contributed by atoms with E-state index in [1.54, 1.807) is 67.4 Å². The van der Waals surface area contributed by atoms with E-state index in [2.05, 4.69) is 20.9 Å². The number of esters is 1. The summed E-state index contributed by atoms with van der Waals surface area (Å²) in [6.07, 6.45) is 1.77. The molecular formula is C26H26BrN3O6S. The minimum absolute atomic E-state index is 0.0605. The van der Waals surface area contributed by atoms with Gasteiger partial charge in [-0.1, -0.05) is 12.1 Å². The summed E-state index contributed by atoms with van der Waals surface area (Å²) in [6.45, 7) is 4.03. The van der Waals surface area contributed by atoms with Crippen LogP contribution in [0.3, 0.4) is 0 Å². The number of aliphatic imine (C=N–C) groups is 1. The Morgan fingerprint density at radius 1 is 1.19 bits per heavy atom. The molecule has 0 saturated carbocycles. The molecule has 0 aliphatic carbocycles. The van der Waals surface area contributed by atoms with E-state index in [1.807, 2.05) is 0 Å². The molecule has 0 bridgehead atoms. The number of morpholine rings is 1. The van der Waals surface area contributed by atoms with E-state index in [1.165, 1.54) is 16.7 Å². The number of amides is 2. The fourth-order valence-corrected chi connectivity index (χ4v) is 5.13. The molecule has 0 atom stereocenters. The largest absolute Gasteiger partial charge is 0.481 e. The third-order valence-corrected chi connectivity index (χ3v) is 7.20. The number of ether oxygens (including phenoxy) is 3. The van der Waals surface area contributed by atoms with E-state index in [0.717, 1.165) is 5.56 Å². The number of hydrogen-bond acceptors (Lipinski definition) is 8. The fourth-order valence-electron chi connectivity index (χ4n) is 3.63. The molecule has 2 heterocycles.